The number of carbonyl (C=O) groups is 2. The molecule has 0 saturated heterocycles. The van der Waals surface area contributed by atoms with Crippen LogP contribution in [0.25, 0.3) is 0 Å². The molecule has 8 heteroatoms. The summed E-state index contributed by atoms with van der Waals surface area (Å²) in [5.74, 6) is -0.591. The molecular formula is C9H16N6O2. The molecule has 1 aromatic heterocycles. The molecule has 0 aliphatic heterocycles. The predicted molar refractivity (Wildman–Crippen MR) is 60.1 cm³/mol. The number of hydrogen-bond acceptors (Lipinski definition) is 5. The van der Waals surface area contributed by atoms with E-state index < -0.39 is 0 Å². The molecule has 0 saturated carbocycles. The van der Waals surface area contributed by atoms with Crippen LogP contribution in [-0.2, 0) is 11.3 Å². The number of nitrogens with zero attached hydrogens (tertiary/aromatic N) is 4. The van der Waals surface area contributed by atoms with Crippen molar-refractivity contribution in [3.8, 4) is 0 Å². The Morgan fingerprint density at radius 3 is 2.88 bits per heavy atom. The molecule has 1 rings (SSSR count). The average molecular weight is 240 g/mol. The second-order valence-corrected chi connectivity index (χ2v) is 3.49. The molecule has 0 bridgehead atoms. The molecule has 0 aliphatic carbocycles. The van der Waals surface area contributed by atoms with E-state index in [4.69, 9.17) is 5.73 Å². The predicted octanol–water partition coefficient (Wildman–Crippen LogP) is -1.95. The Bertz CT molecular complexity index is 402. The van der Waals surface area contributed by atoms with Crippen molar-refractivity contribution in [2.45, 2.75) is 6.54 Å². The highest BCUT2D eigenvalue weighted by Crippen LogP contribution is 1.98. The van der Waals surface area contributed by atoms with Crippen LogP contribution in [0.1, 0.15) is 10.5 Å². The van der Waals surface area contributed by atoms with Gasteiger partial charge in [-0.3, -0.25) is 14.3 Å². The van der Waals surface area contributed by atoms with Gasteiger partial charge < -0.3 is 16.0 Å². The molecule has 2 amide bonds. The van der Waals surface area contributed by atoms with Crippen LogP contribution < -0.4 is 11.1 Å². The number of amides is 2. The summed E-state index contributed by atoms with van der Waals surface area (Å²) in [6.07, 6.45) is 1.51. The number of carbonyl (C=O) groups excluding carboxylic acids is 2. The molecular weight excluding hydrogens is 224 g/mol. The number of hydrogen-bond donors (Lipinski definition) is 2. The summed E-state index contributed by atoms with van der Waals surface area (Å²) in [4.78, 5) is 24.2. The van der Waals surface area contributed by atoms with Crippen molar-refractivity contribution >= 4 is 11.8 Å². The zero-order chi connectivity index (χ0) is 12.8. The summed E-state index contributed by atoms with van der Waals surface area (Å²) in [7, 11) is 3.04. The highest BCUT2D eigenvalue weighted by atomic mass is 16.2. The SMILES string of the molecule is CNC(=O)CN(C)C(=O)c1cn(CCN)nn1. The van der Waals surface area contributed by atoms with Gasteiger partial charge in [0.2, 0.25) is 5.91 Å². The van der Waals surface area contributed by atoms with Crippen LogP contribution in [-0.4, -0.2) is 58.9 Å². The van der Waals surface area contributed by atoms with Gasteiger partial charge >= 0.3 is 0 Å². The number of nitrogens with two attached hydrogens (primary N) is 1. The van der Waals surface area contributed by atoms with Gasteiger partial charge in [0.15, 0.2) is 5.69 Å². The van der Waals surface area contributed by atoms with E-state index in [1.54, 1.807) is 0 Å². The Hall–Kier alpha value is -1.96. The highest BCUT2D eigenvalue weighted by molar-refractivity contribution is 5.94. The van der Waals surface area contributed by atoms with Crippen molar-refractivity contribution < 1.29 is 9.59 Å². The van der Waals surface area contributed by atoms with Crippen molar-refractivity contribution in [2.24, 2.45) is 5.73 Å². The van der Waals surface area contributed by atoms with E-state index in [0.29, 0.717) is 13.1 Å². The molecule has 0 aromatic carbocycles. The molecule has 0 fully saturated rings. The highest BCUT2D eigenvalue weighted by Gasteiger charge is 2.17. The van der Waals surface area contributed by atoms with Crippen molar-refractivity contribution in [1.82, 2.24) is 25.2 Å². The number of rotatable bonds is 5. The fourth-order valence-electron chi connectivity index (χ4n) is 1.20. The number of aromatic nitrogens is 3. The topological polar surface area (TPSA) is 106 Å². The molecule has 0 atom stereocenters. The second kappa shape index (κ2) is 5.94. The average Bonchev–Trinajstić information content (AvgIpc) is 2.76. The Morgan fingerprint density at radius 2 is 2.29 bits per heavy atom. The van der Waals surface area contributed by atoms with Crippen LogP contribution in [0.5, 0.6) is 0 Å². The molecule has 3 N–H and O–H groups in total. The van der Waals surface area contributed by atoms with Crippen molar-refractivity contribution in [3.63, 3.8) is 0 Å². The van der Waals surface area contributed by atoms with E-state index >= 15 is 0 Å². The first-order valence-electron chi connectivity index (χ1n) is 5.14. The van der Waals surface area contributed by atoms with E-state index in [-0.39, 0.29) is 24.1 Å². The summed E-state index contributed by atoms with van der Waals surface area (Å²) in [6, 6.07) is 0. The molecule has 0 unspecified atom stereocenters. The summed E-state index contributed by atoms with van der Waals surface area (Å²) in [5, 5.41) is 9.91. The van der Waals surface area contributed by atoms with Crippen LogP contribution in [0, 0.1) is 0 Å². The summed E-state index contributed by atoms with van der Waals surface area (Å²) in [5.41, 5.74) is 5.55. The minimum absolute atomic E-state index is 0.0148. The van der Waals surface area contributed by atoms with Crippen LogP contribution in [0.2, 0.25) is 0 Å². The molecule has 1 aromatic rings. The maximum absolute atomic E-state index is 11.8. The molecule has 1 heterocycles. The van der Waals surface area contributed by atoms with Crippen molar-refractivity contribution in [2.75, 3.05) is 27.2 Å². The maximum Gasteiger partial charge on any atom is 0.276 e. The molecule has 0 aliphatic rings. The lowest BCUT2D eigenvalue weighted by Gasteiger charge is -2.13. The lowest BCUT2D eigenvalue weighted by molar-refractivity contribution is -0.121. The smallest absolute Gasteiger partial charge is 0.276 e. The Morgan fingerprint density at radius 1 is 1.59 bits per heavy atom. The van der Waals surface area contributed by atoms with E-state index in [1.165, 1.54) is 29.9 Å². The summed E-state index contributed by atoms with van der Waals surface area (Å²) >= 11 is 0. The van der Waals surface area contributed by atoms with E-state index in [2.05, 4.69) is 15.6 Å². The summed E-state index contributed by atoms with van der Waals surface area (Å²) in [6.45, 7) is 0.906. The lowest BCUT2D eigenvalue weighted by atomic mass is 10.4. The first-order chi connectivity index (χ1) is 8.08. The molecule has 94 valence electrons. The largest absolute Gasteiger partial charge is 0.358 e. The first-order valence-corrected chi connectivity index (χ1v) is 5.14. The number of nitrogens with one attached hydrogen (secondary N) is 1. The van der Waals surface area contributed by atoms with Crippen molar-refractivity contribution in [3.05, 3.63) is 11.9 Å². The monoisotopic (exact) mass is 240 g/mol. The normalized spacial score (nSPS) is 10.1. The lowest BCUT2D eigenvalue weighted by Crippen LogP contribution is -2.37. The van der Waals surface area contributed by atoms with Gasteiger partial charge in [-0.1, -0.05) is 5.21 Å². The van der Waals surface area contributed by atoms with E-state index in [0.717, 1.165) is 0 Å². The minimum Gasteiger partial charge on any atom is -0.358 e. The standard InChI is InChI=1S/C9H16N6O2/c1-11-8(16)6-14(2)9(17)7-5-15(4-3-10)13-12-7/h5H,3-4,6,10H2,1-2H3,(H,11,16). The van der Waals surface area contributed by atoms with Gasteiger partial charge in [-0.05, 0) is 0 Å². The van der Waals surface area contributed by atoms with Crippen LogP contribution in [0.15, 0.2) is 6.20 Å². The molecule has 17 heavy (non-hydrogen) atoms. The van der Waals surface area contributed by atoms with Crippen LogP contribution in [0.4, 0.5) is 0 Å². The maximum atomic E-state index is 11.8. The fraction of sp³-hybridized carbons (Fsp3) is 0.556. The van der Waals surface area contributed by atoms with E-state index in [9.17, 15) is 9.59 Å². The first kappa shape index (κ1) is 13.1. The minimum atomic E-state index is -0.350. The zero-order valence-corrected chi connectivity index (χ0v) is 9.88. The van der Waals surface area contributed by atoms with Gasteiger partial charge in [-0.2, -0.15) is 0 Å². The Labute approximate surface area is 98.8 Å². The molecule has 8 nitrogen and oxygen atoms in total. The van der Waals surface area contributed by atoms with Gasteiger partial charge in [0.25, 0.3) is 5.91 Å². The second-order valence-electron chi connectivity index (χ2n) is 3.49. The van der Waals surface area contributed by atoms with Crippen LogP contribution in [0.3, 0.4) is 0 Å². The van der Waals surface area contributed by atoms with Gasteiger partial charge in [0, 0.05) is 20.6 Å². The van der Waals surface area contributed by atoms with Crippen molar-refractivity contribution in [1.29, 1.82) is 0 Å². The molecule has 0 radical (unpaired) electrons. The van der Waals surface area contributed by atoms with Gasteiger partial charge in [0.05, 0.1) is 19.3 Å². The third-order valence-corrected chi connectivity index (χ3v) is 2.12. The Balaban J connectivity index is 2.64. The van der Waals surface area contributed by atoms with Gasteiger partial charge in [-0.25, -0.2) is 0 Å². The van der Waals surface area contributed by atoms with E-state index in [1.807, 2.05) is 0 Å². The van der Waals surface area contributed by atoms with Crippen LogP contribution >= 0.6 is 0 Å². The quantitative estimate of drug-likeness (QED) is 0.622. The Kier molecular flexibility index (Phi) is 4.58. The third-order valence-electron chi connectivity index (χ3n) is 2.12. The fourth-order valence-corrected chi connectivity index (χ4v) is 1.20. The molecule has 0 spiro atoms. The summed E-state index contributed by atoms with van der Waals surface area (Å²) < 4.78 is 1.49. The van der Waals surface area contributed by atoms with Gasteiger partial charge in [0.1, 0.15) is 0 Å². The zero-order valence-electron chi connectivity index (χ0n) is 9.88. The number of likely N-dealkylation sites (N-methyl/N-ethyl adjacent to an activating group) is 2. The third kappa shape index (κ3) is 3.52. The van der Waals surface area contributed by atoms with Gasteiger partial charge in [-0.15, -0.1) is 5.10 Å².